The van der Waals surface area contributed by atoms with E-state index < -0.39 is 0 Å². The van der Waals surface area contributed by atoms with Crippen LogP contribution in [0.4, 0.5) is 0 Å². The number of hydrogen-bond acceptors (Lipinski definition) is 1. The highest BCUT2D eigenvalue weighted by molar-refractivity contribution is 5.08. The number of allylic oxidation sites excluding steroid dienone is 4. The molecule has 248 valence electrons. The summed E-state index contributed by atoms with van der Waals surface area (Å²) in [6.07, 6.45) is 39.3. The molecule has 0 radical (unpaired) electrons. The second-order valence-electron chi connectivity index (χ2n) is 16.2. The molecular weight excluding hydrogens is 520 g/mol. The fourth-order valence-electron chi connectivity index (χ4n) is 9.93. The first kappa shape index (κ1) is 35.3. The van der Waals surface area contributed by atoms with E-state index in [0.29, 0.717) is 0 Å². The molecule has 1 heteroatoms. The summed E-state index contributed by atoms with van der Waals surface area (Å²) in [4.78, 5) is 0. The molecule has 0 amide bonds. The second-order valence-corrected chi connectivity index (χ2v) is 16.2. The van der Waals surface area contributed by atoms with Crippen LogP contribution in [0.15, 0.2) is 23.3 Å². The highest BCUT2D eigenvalue weighted by Crippen LogP contribution is 2.44. The third-order valence-electron chi connectivity index (χ3n) is 13.3. The van der Waals surface area contributed by atoms with Gasteiger partial charge in [-0.2, -0.15) is 0 Å². The molecule has 0 heterocycles. The van der Waals surface area contributed by atoms with Gasteiger partial charge in [0.25, 0.3) is 0 Å². The molecular formula is C42H74O. The van der Waals surface area contributed by atoms with Crippen molar-refractivity contribution in [3.8, 4) is 0 Å². The topological polar surface area (TPSA) is 9.23 Å². The minimum atomic E-state index is 0.960. The first-order valence-electron chi connectivity index (χ1n) is 20.0. The fraction of sp³-hybridized carbons (Fsp3) is 0.905. The van der Waals surface area contributed by atoms with Gasteiger partial charge in [-0.25, -0.2) is 0 Å². The maximum Gasteiger partial charge on any atom is 0.0469 e. The summed E-state index contributed by atoms with van der Waals surface area (Å²) in [5.41, 5.74) is 3.48. The predicted octanol–water partition coefficient (Wildman–Crippen LogP) is 13.3. The van der Waals surface area contributed by atoms with Gasteiger partial charge in [0.05, 0.1) is 0 Å². The Morgan fingerprint density at radius 1 is 0.558 bits per heavy atom. The molecule has 4 aliphatic rings. The molecule has 4 unspecified atom stereocenters. The zero-order chi connectivity index (χ0) is 30.3. The van der Waals surface area contributed by atoms with Gasteiger partial charge in [-0.1, -0.05) is 89.5 Å². The average molecular weight is 595 g/mol. The molecule has 0 aliphatic heterocycles. The summed E-state index contributed by atoms with van der Waals surface area (Å²) in [6, 6.07) is 0. The van der Waals surface area contributed by atoms with Crippen LogP contribution < -0.4 is 0 Å². The van der Waals surface area contributed by atoms with Crippen LogP contribution >= 0.6 is 0 Å². The Morgan fingerprint density at radius 3 is 1.33 bits per heavy atom. The van der Waals surface area contributed by atoms with Crippen LogP contribution in [0.25, 0.3) is 0 Å². The molecule has 0 aromatic heterocycles. The van der Waals surface area contributed by atoms with Crippen LogP contribution in [0, 0.1) is 47.3 Å². The van der Waals surface area contributed by atoms with Crippen molar-refractivity contribution in [3.05, 3.63) is 23.3 Å². The Bertz CT molecular complexity index is 726. The zero-order valence-corrected chi connectivity index (χ0v) is 29.6. The quantitative estimate of drug-likeness (QED) is 0.113. The molecule has 0 bridgehead atoms. The Hall–Kier alpha value is -0.560. The Balaban J connectivity index is 0.992. The SMILES string of the molecule is CCCCC(C)C1CCC(C2CC=C(CCCOCCCC3=CCC(C4CCC(C(C)CCCC)CC4)CC3)CC2)CC1. The minimum absolute atomic E-state index is 0.960. The predicted molar refractivity (Wildman–Crippen MR) is 188 cm³/mol. The van der Waals surface area contributed by atoms with E-state index in [0.717, 1.165) is 60.6 Å². The largest absolute Gasteiger partial charge is 0.381 e. The van der Waals surface area contributed by atoms with Gasteiger partial charge >= 0.3 is 0 Å². The van der Waals surface area contributed by atoms with E-state index >= 15 is 0 Å². The Labute approximate surface area is 269 Å². The molecule has 4 aliphatic carbocycles. The van der Waals surface area contributed by atoms with Crippen LogP contribution in [-0.4, -0.2) is 13.2 Å². The van der Waals surface area contributed by atoms with E-state index in [-0.39, 0.29) is 0 Å². The molecule has 43 heavy (non-hydrogen) atoms. The first-order valence-corrected chi connectivity index (χ1v) is 20.0. The Morgan fingerprint density at radius 2 is 0.977 bits per heavy atom. The van der Waals surface area contributed by atoms with Gasteiger partial charge in [0.2, 0.25) is 0 Å². The van der Waals surface area contributed by atoms with Crippen LogP contribution in [0.1, 0.15) is 182 Å². The van der Waals surface area contributed by atoms with E-state index in [1.54, 1.807) is 11.1 Å². The first-order chi connectivity index (χ1) is 21.1. The highest BCUT2D eigenvalue weighted by atomic mass is 16.5. The summed E-state index contributed by atoms with van der Waals surface area (Å²) in [5, 5.41) is 0. The summed E-state index contributed by atoms with van der Waals surface area (Å²) in [6.45, 7) is 11.7. The fourth-order valence-corrected chi connectivity index (χ4v) is 9.93. The summed E-state index contributed by atoms with van der Waals surface area (Å²) >= 11 is 0. The molecule has 1 nitrogen and oxygen atoms in total. The second kappa shape index (κ2) is 19.8. The smallest absolute Gasteiger partial charge is 0.0469 e. The minimum Gasteiger partial charge on any atom is -0.381 e. The van der Waals surface area contributed by atoms with Gasteiger partial charge < -0.3 is 4.74 Å². The molecule has 0 spiro atoms. The van der Waals surface area contributed by atoms with E-state index in [4.69, 9.17) is 4.74 Å². The monoisotopic (exact) mass is 595 g/mol. The molecule has 0 aromatic rings. The third-order valence-corrected chi connectivity index (χ3v) is 13.3. The van der Waals surface area contributed by atoms with Gasteiger partial charge in [-0.15, -0.1) is 0 Å². The number of hydrogen-bond donors (Lipinski definition) is 0. The van der Waals surface area contributed by atoms with Crippen molar-refractivity contribution in [2.75, 3.05) is 13.2 Å². The lowest BCUT2D eigenvalue weighted by molar-refractivity contribution is 0.128. The molecule has 0 saturated heterocycles. The standard InChI is InChI=1S/C42H74O/c1-5-7-11-33(3)37-23-27-41(28-24-37)39-19-15-35(16-20-39)13-9-31-43-32-10-14-36-17-21-40(22-18-36)42-29-25-38(26-30-42)34(4)12-8-6-2/h15,17,33-34,37-42H,5-14,16,18-32H2,1-4H3. The summed E-state index contributed by atoms with van der Waals surface area (Å²) in [7, 11) is 0. The van der Waals surface area contributed by atoms with Crippen molar-refractivity contribution < 1.29 is 4.74 Å². The van der Waals surface area contributed by atoms with Crippen LogP contribution in [0.5, 0.6) is 0 Å². The number of ether oxygens (including phenoxy) is 1. The zero-order valence-electron chi connectivity index (χ0n) is 29.6. The van der Waals surface area contributed by atoms with Gasteiger partial charge in [-0.05, 0) is 163 Å². The van der Waals surface area contributed by atoms with Gasteiger partial charge in [-0.3, -0.25) is 0 Å². The molecule has 2 fully saturated rings. The normalized spacial score (nSPS) is 31.7. The Kier molecular flexibility index (Phi) is 16.3. The summed E-state index contributed by atoms with van der Waals surface area (Å²) in [5.74, 6) is 7.96. The van der Waals surface area contributed by atoms with Crippen LogP contribution in [0.3, 0.4) is 0 Å². The number of unbranched alkanes of at least 4 members (excludes halogenated alkanes) is 2. The maximum absolute atomic E-state index is 6.10. The molecule has 0 N–H and O–H groups in total. The number of rotatable bonds is 18. The van der Waals surface area contributed by atoms with E-state index in [9.17, 15) is 0 Å². The average Bonchev–Trinajstić information content (AvgIpc) is 3.06. The lowest BCUT2D eigenvalue weighted by atomic mass is 9.68. The molecule has 4 rings (SSSR count). The van der Waals surface area contributed by atoms with Crippen molar-refractivity contribution in [1.82, 2.24) is 0 Å². The van der Waals surface area contributed by atoms with Crippen molar-refractivity contribution >= 4 is 0 Å². The van der Waals surface area contributed by atoms with Crippen molar-refractivity contribution in [2.24, 2.45) is 47.3 Å². The highest BCUT2D eigenvalue weighted by Gasteiger charge is 2.31. The molecule has 0 aromatic carbocycles. The third kappa shape index (κ3) is 12.0. The van der Waals surface area contributed by atoms with Gasteiger partial charge in [0, 0.05) is 13.2 Å². The van der Waals surface area contributed by atoms with Crippen LogP contribution in [-0.2, 0) is 4.74 Å². The van der Waals surface area contributed by atoms with Gasteiger partial charge in [0.1, 0.15) is 0 Å². The lowest BCUT2D eigenvalue weighted by Gasteiger charge is -2.37. The van der Waals surface area contributed by atoms with Crippen LogP contribution in [0.2, 0.25) is 0 Å². The van der Waals surface area contributed by atoms with E-state index in [1.165, 1.54) is 154 Å². The van der Waals surface area contributed by atoms with Crippen molar-refractivity contribution in [3.63, 3.8) is 0 Å². The van der Waals surface area contributed by atoms with Crippen molar-refractivity contribution in [1.29, 1.82) is 0 Å². The molecule has 2 saturated carbocycles. The van der Waals surface area contributed by atoms with Gasteiger partial charge in [0.15, 0.2) is 0 Å². The summed E-state index contributed by atoms with van der Waals surface area (Å²) < 4.78 is 6.10. The van der Waals surface area contributed by atoms with E-state index in [1.807, 2.05) is 0 Å². The maximum atomic E-state index is 6.10. The lowest BCUT2D eigenvalue weighted by Crippen LogP contribution is -2.26. The van der Waals surface area contributed by atoms with E-state index in [2.05, 4.69) is 39.8 Å². The molecule has 4 atom stereocenters. The van der Waals surface area contributed by atoms with Crippen molar-refractivity contribution in [2.45, 2.75) is 182 Å².